The van der Waals surface area contributed by atoms with Gasteiger partial charge >= 0.3 is 6.18 Å². The van der Waals surface area contributed by atoms with Gasteiger partial charge in [0.25, 0.3) is 0 Å². The topological polar surface area (TPSA) is 60.0 Å². The maximum Gasteiger partial charge on any atom is 0.401 e. The molecule has 0 atom stereocenters. The molecule has 0 unspecified atom stereocenters. The quantitative estimate of drug-likeness (QED) is 0.271. The molecular weight excluding hydrogens is 498 g/mol. The maximum absolute atomic E-state index is 12.5. The number of likely N-dealkylation sites (N-methyl/N-ethyl adjacent to an activating group) is 1. The molecule has 6 nitrogen and oxygen atoms in total. The number of guanidine groups is 1. The Hall–Kier alpha value is -0.780. The highest BCUT2D eigenvalue weighted by Gasteiger charge is 2.29. The summed E-state index contributed by atoms with van der Waals surface area (Å²) in [5, 5.41) is 6.50. The van der Waals surface area contributed by atoms with Crippen LogP contribution in [-0.4, -0.2) is 80.2 Å². The average molecular weight is 535 g/mol. The van der Waals surface area contributed by atoms with Crippen molar-refractivity contribution < 1.29 is 18.0 Å². The van der Waals surface area contributed by atoms with Crippen LogP contribution in [0.4, 0.5) is 13.2 Å². The Morgan fingerprint density at radius 2 is 1.79 bits per heavy atom. The smallest absolute Gasteiger partial charge is 0.357 e. The molecule has 0 aliphatic carbocycles. The third kappa shape index (κ3) is 11.3. The van der Waals surface area contributed by atoms with E-state index in [4.69, 9.17) is 0 Å². The lowest BCUT2D eigenvalue weighted by Gasteiger charge is -2.35. The van der Waals surface area contributed by atoms with E-state index in [2.05, 4.69) is 15.6 Å². The highest BCUT2D eigenvalue weighted by Crippen LogP contribution is 2.17. The van der Waals surface area contributed by atoms with Gasteiger partial charge in [-0.1, -0.05) is 13.8 Å². The first-order valence-electron chi connectivity index (χ1n) is 10.3. The molecule has 0 aromatic rings. The molecule has 0 aromatic heterocycles. The molecule has 1 fully saturated rings. The number of alkyl halides is 3. The van der Waals surface area contributed by atoms with Gasteiger partial charge in [0, 0.05) is 38.1 Å². The van der Waals surface area contributed by atoms with Gasteiger partial charge in [-0.2, -0.15) is 13.2 Å². The monoisotopic (exact) mass is 535 g/mol. The first-order chi connectivity index (χ1) is 13.2. The van der Waals surface area contributed by atoms with E-state index in [0.717, 1.165) is 38.8 Å². The van der Waals surface area contributed by atoms with Crippen LogP contribution < -0.4 is 10.6 Å². The maximum atomic E-state index is 12.5. The standard InChI is InChI=1S/C19H36F3N5O.HI/c1-5-15(6-2)17(28)27-11-8-16(9-12-27)25-18(23-7-3)24-10-13-26(4)14-19(20,21)22;/h15-16H,5-14H2,1-4H3,(H2,23,24,25);1H. The Morgan fingerprint density at radius 3 is 2.28 bits per heavy atom. The third-order valence-electron chi connectivity index (χ3n) is 5.03. The molecule has 1 aliphatic heterocycles. The number of halogens is 4. The number of nitrogens with one attached hydrogen (secondary N) is 2. The Labute approximate surface area is 190 Å². The number of aliphatic imine (C=N–C) groups is 1. The first-order valence-corrected chi connectivity index (χ1v) is 10.3. The van der Waals surface area contributed by atoms with Gasteiger partial charge in [0.15, 0.2) is 5.96 Å². The van der Waals surface area contributed by atoms with Crippen LogP contribution in [0.25, 0.3) is 0 Å². The summed E-state index contributed by atoms with van der Waals surface area (Å²) in [6.07, 6.45) is -0.781. The summed E-state index contributed by atoms with van der Waals surface area (Å²) in [4.78, 5) is 20.0. The summed E-state index contributed by atoms with van der Waals surface area (Å²) in [5.74, 6) is 0.974. The molecule has 0 aromatic carbocycles. The van der Waals surface area contributed by atoms with Crippen LogP contribution in [-0.2, 0) is 4.79 Å². The van der Waals surface area contributed by atoms with Gasteiger partial charge < -0.3 is 15.5 Å². The number of nitrogens with zero attached hydrogens (tertiary/aromatic N) is 3. The van der Waals surface area contributed by atoms with Crippen molar-refractivity contribution in [3.05, 3.63) is 0 Å². The fraction of sp³-hybridized carbons (Fsp3) is 0.895. The zero-order chi connectivity index (χ0) is 21.2. The largest absolute Gasteiger partial charge is 0.401 e. The minimum atomic E-state index is -4.19. The molecule has 0 spiro atoms. The predicted octanol–water partition coefficient (Wildman–Crippen LogP) is 3.08. The molecule has 10 heteroatoms. The lowest BCUT2D eigenvalue weighted by atomic mass is 9.98. The van der Waals surface area contributed by atoms with Crippen molar-refractivity contribution in [3.8, 4) is 0 Å². The van der Waals surface area contributed by atoms with Crippen LogP contribution in [0.1, 0.15) is 46.5 Å². The van der Waals surface area contributed by atoms with Crippen molar-refractivity contribution in [1.29, 1.82) is 0 Å². The summed E-state index contributed by atoms with van der Waals surface area (Å²) < 4.78 is 37.1. The number of rotatable bonds is 9. The molecule has 0 radical (unpaired) electrons. The van der Waals surface area contributed by atoms with Gasteiger partial charge in [0.05, 0.1) is 13.1 Å². The molecule has 1 saturated heterocycles. The Kier molecular flexibility index (Phi) is 13.9. The Morgan fingerprint density at radius 1 is 1.21 bits per heavy atom. The molecule has 0 saturated carbocycles. The van der Waals surface area contributed by atoms with E-state index in [1.54, 1.807) is 0 Å². The van der Waals surface area contributed by atoms with Crippen LogP contribution in [0.15, 0.2) is 4.99 Å². The number of piperidine rings is 1. The van der Waals surface area contributed by atoms with Crippen LogP contribution in [0.3, 0.4) is 0 Å². The summed E-state index contributed by atoms with van der Waals surface area (Å²) in [7, 11) is 1.44. The molecule has 0 bridgehead atoms. The summed E-state index contributed by atoms with van der Waals surface area (Å²) >= 11 is 0. The van der Waals surface area contributed by atoms with Crippen molar-refractivity contribution in [2.24, 2.45) is 10.9 Å². The number of hydrogen-bond acceptors (Lipinski definition) is 3. The van der Waals surface area contributed by atoms with E-state index in [1.165, 1.54) is 11.9 Å². The second kappa shape index (κ2) is 14.3. The first kappa shape index (κ1) is 28.2. The van der Waals surface area contributed by atoms with Crippen LogP contribution in [0.5, 0.6) is 0 Å². The van der Waals surface area contributed by atoms with Crippen molar-refractivity contribution in [2.75, 3.05) is 46.3 Å². The van der Waals surface area contributed by atoms with Crippen molar-refractivity contribution in [1.82, 2.24) is 20.4 Å². The Balaban J connectivity index is 0.00000784. The number of likely N-dealkylation sites (tertiary alicyclic amines) is 1. The molecule has 1 aliphatic rings. The van der Waals surface area contributed by atoms with Crippen molar-refractivity contribution in [3.63, 3.8) is 0 Å². The fourth-order valence-corrected chi connectivity index (χ4v) is 3.37. The van der Waals surface area contributed by atoms with E-state index in [0.29, 0.717) is 12.5 Å². The minimum Gasteiger partial charge on any atom is -0.357 e. The van der Waals surface area contributed by atoms with Gasteiger partial charge in [-0.15, -0.1) is 24.0 Å². The highest BCUT2D eigenvalue weighted by atomic mass is 127. The number of hydrogen-bond donors (Lipinski definition) is 2. The molecule has 1 heterocycles. The molecule has 1 amide bonds. The summed E-state index contributed by atoms with van der Waals surface area (Å²) in [5.41, 5.74) is 0. The second-order valence-corrected chi connectivity index (χ2v) is 7.37. The van der Waals surface area contributed by atoms with E-state index >= 15 is 0 Å². The minimum absolute atomic E-state index is 0. The predicted molar refractivity (Wildman–Crippen MR) is 122 cm³/mol. The van der Waals surface area contributed by atoms with Crippen molar-refractivity contribution >= 4 is 35.8 Å². The van der Waals surface area contributed by atoms with Crippen molar-refractivity contribution in [2.45, 2.75) is 58.7 Å². The SMILES string of the molecule is CCNC(=NCCN(C)CC(F)(F)F)NC1CCN(C(=O)C(CC)CC)CC1.I. The van der Waals surface area contributed by atoms with E-state index in [1.807, 2.05) is 25.7 Å². The van der Waals surface area contributed by atoms with Gasteiger partial charge in [-0.25, -0.2) is 0 Å². The molecule has 2 N–H and O–H groups in total. The lowest BCUT2D eigenvalue weighted by Crippen LogP contribution is -2.50. The number of carbonyl (C=O) groups excluding carboxylic acids is 1. The third-order valence-corrected chi connectivity index (χ3v) is 5.03. The number of carbonyl (C=O) groups is 1. The fourth-order valence-electron chi connectivity index (χ4n) is 3.37. The van der Waals surface area contributed by atoms with E-state index in [-0.39, 0.29) is 54.9 Å². The lowest BCUT2D eigenvalue weighted by molar-refractivity contribution is -0.142. The van der Waals surface area contributed by atoms with Crippen LogP contribution in [0.2, 0.25) is 0 Å². The average Bonchev–Trinajstić information content (AvgIpc) is 2.62. The zero-order valence-electron chi connectivity index (χ0n) is 18.0. The second-order valence-electron chi connectivity index (χ2n) is 7.37. The highest BCUT2D eigenvalue weighted by molar-refractivity contribution is 14.0. The van der Waals surface area contributed by atoms with Crippen LogP contribution in [0, 0.1) is 5.92 Å². The van der Waals surface area contributed by atoms with Gasteiger partial charge in [0.1, 0.15) is 0 Å². The van der Waals surface area contributed by atoms with Gasteiger partial charge in [-0.3, -0.25) is 14.7 Å². The van der Waals surface area contributed by atoms with Gasteiger partial charge in [0.2, 0.25) is 5.91 Å². The molecule has 1 rings (SSSR count). The van der Waals surface area contributed by atoms with Gasteiger partial charge in [-0.05, 0) is 39.7 Å². The molecule has 29 heavy (non-hydrogen) atoms. The summed E-state index contributed by atoms with van der Waals surface area (Å²) in [6.45, 7) is 7.75. The molecular formula is C19H37F3IN5O. The normalized spacial score (nSPS) is 16.2. The van der Waals surface area contributed by atoms with Crippen LogP contribution >= 0.6 is 24.0 Å². The number of amides is 1. The van der Waals surface area contributed by atoms with E-state index in [9.17, 15) is 18.0 Å². The summed E-state index contributed by atoms with van der Waals surface area (Å²) in [6, 6.07) is 0.205. The van der Waals surface area contributed by atoms with E-state index < -0.39 is 12.7 Å². The zero-order valence-corrected chi connectivity index (χ0v) is 20.3. The molecule has 172 valence electrons. The Bertz CT molecular complexity index is 493.